The number of fused-ring (bicyclic) bond motifs is 1. The molecule has 3 nitrogen and oxygen atoms in total. The molecule has 0 aliphatic heterocycles. The number of rotatable bonds is 2. The number of nitrogens with zero attached hydrogens (tertiary/aromatic N) is 2. The third-order valence-electron chi connectivity index (χ3n) is 1.78. The molecule has 4 heteroatoms. The van der Waals surface area contributed by atoms with Gasteiger partial charge in [0.1, 0.15) is 5.52 Å². The zero-order valence-corrected chi connectivity index (χ0v) is 8.47. The van der Waals surface area contributed by atoms with Crippen LogP contribution < -0.4 is 0 Å². The molecule has 0 radical (unpaired) electrons. The molecule has 0 fully saturated rings. The zero-order valence-electron chi connectivity index (χ0n) is 7.65. The minimum absolute atomic E-state index is 0.367. The van der Waals surface area contributed by atoms with E-state index < -0.39 is 0 Å². The number of nitriles is 1. The van der Waals surface area contributed by atoms with Crippen LogP contribution in [0.1, 0.15) is 5.56 Å². The lowest BCUT2D eigenvalue weighted by molar-refractivity contribution is 0.490. The van der Waals surface area contributed by atoms with Crippen LogP contribution in [0.4, 0.5) is 0 Å². The second kappa shape index (κ2) is 3.72. The van der Waals surface area contributed by atoms with Crippen LogP contribution in [0.3, 0.4) is 0 Å². The number of hydrogen-bond donors (Lipinski definition) is 0. The molecular formula is C10H8N2OS. The number of thioether (sulfide) groups is 1. The van der Waals surface area contributed by atoms with Crippen molar-refractivity contribution in [3.05, 3.63) is 23.8 Å². The lowest BCUT2D eigenvalue weighted by atomic mass is 10.2. The smallest absolute Gasteiger partial charge is 0.257 e. The van der Waals surface area contributed by atoms with Crippen LogP contribution >= 0.6 is 11.8 Å². The second-order valence-corrected chi connectivity index (χ2v) is 3.82. The van der Waals surface area contributed by atoms with E-state index in [4.69, 9.17) is 9.68 Å². The minimum atomic E-state index is 0.367. The van der Waals surface area contributed by atoms with Crippen molar-refractivity contribution < 1.29 is 4.42 Å². The largest absolute Gasteiger partial charge is 0.431 e. The van der Waals surface area contributed by atoms with Crippen LogP contribution in [0.25, 0.3) is 11.1 Å². The molecular weight excluding hydrogens is 196 g/mol. The summed E-state index contributed by atoms with van der Waals surface area (Å²) in [5.74, 6) is 0.367. The molecule has 0 amide bonds. The van der Waals surface area contributed by atoms with Crippen LogP contribution in [0.5, 0.6) is 0 Å². The van der Waals surface area contributed by atoms with Gasteiger partial charge >= 0.3 is 0 Å². The van der Waals surface area contributed by atoms with Crippen LogP contribution in [0, 0.1) is 18.3 Å². The quantitative estimate of drug-likeness (QED) is 0.706. The molecule has 0 bridgehead atoms. The van der Waals surface area contributed by atoms with Crippen molar-refractivity contribution in [1.29, 1.82) is 5.26 Å². The fraction of sp³-hybridized carbons (Fsp3) is 0.200. The number of hydrogen-bond acceptors (Lipinski definition) is 4. The predicted octanol–water partition coefficient (Wildman–Crippen LogP) is 2.75. The average Bonchev–Trinajstić information content (AvgIpc) is 2.56. The van der Waals surface area contributed by atoms with Gasteiger partial charge in [0.2, 0.25) is 0 Å². The van der Waals surface area contributed by atoms with Crippen molar-refractivity contribution in [2.45, 2.75) is 12.1 Å². The van der Waals surface area contributed by atoms with Crippen LogP contribution in [0.15, 0.2) is 27.8 Å². The number of oxazole rings is 1. The monoisotopic (exact) mass is 204 g/mol. The van der Waals surface area contributed by atoms with Gasteiger partial charge in [-0.15, -0.1) is 0 Å². The van der Waals surface area contributed by atoms with E-state index in [0.717, 1.165) is 16.7 Å². The highest BCUT2D eigenvalue weighted by Gasteiger charge is 2.05. The Labute approximate surface area is 85.7 Å². The normalized spacial score (nSPS) is 10.3. The van der Waals surface area contributed by atoms with Crippen molar-refractivity contribution in [1.82, 2.24) is 4.98 Å². The lowest BCUT2D eigenvalue weighted by Crippen LogP contribution is -1.73. The van der Waals surface area contributed by atoms with Crippen molar-refractivity contribution in [3.8, 4) is 6.07 Å². The molecule has 70 valence electrons. The summed E-state index contributed by atoms with van der Waals surface area (Å²) in [5.41, 5.74) is 2.78. The molecule has 0 aliphatic rings. The summed E-state index contributed by atoms with van der Waals surface area (Å²) in [5, 5.41) is 8.97. The summed E-state index contributed by atoms with van der Waals surface area (Å²) in [6, 6.07) is 7.88. The third kappa shape index (κ3) is 1.73. The van der Waals surface area contributed by atoms with Gasteiger partial charge < -0.3 is 4.42 Å². The van der Waals surface area contributed by atoms with E-state index in [1.807, 2.05) is 31.2 Å². The van der Waals surface area contributed by atoms with E-state index in [9.17, 15) is 0 Å². The zero-order chi connectivity index (χ0) is 9.97. The van der Waals surface area contributed by atoms with Crippen molar-refractivity contribution in [3.63, 3.8) is 0 Å². The van der Waals surface area contributed by atoms with Gasteiger partial charge in [-0.1, -0.05) is 17.8 Å². The second-order valence-electron chi connectivity index (χ2n) is 2.90. The maximum Gasteiger partial charge on any atom is 0.257 e. The summed E-state index contributed by atoms with van der Waals surface area (Å²) in [6.07, 6.45) is 0. The lowest BCUT2D eigenvalue weighted by Gasteiger charge is -1.87. The highest BCUT2D eigenvalue weighted by atomic mass is 32.2. The Balaban J connectivity index is 2.37. The molecule has 1 heterocycles. The van der Waals surface area contributed by atoms with E-state index in [1.165, 1.54) is 11.8 Å². The molecule has 14 heavy (non-hydrogen) atoms. The van der Waals surface area contributed by atoms with Crippen molar-refractivity contribution >= 4 is 22.9 Å². The molecule has 0 saturated carbocycles. The van der Waals surface area contributed by atoms with Crippen LogP contribution in [0.2, 0.25) is 0 Å². The van der Waals surface area contributed by atoms with E-state index in [-0.39, 0.29) is 0 Å². The number of aryl methyl sites for hydroxylation is 1. The van der Waals surface area contributed by atoms with Gasteiger partial charge in [0.25, 0.3) is 5.22 Å². The molecule has 2 rings (SSSR count). The average molecular weight is 204 g/mol. The minimum Gasteiger partial charge on any atom is -0.431 e. The van der Waals surface area contributed by atoms with E-state index in [1.54, 1.807) is 0 Å². The first kappa shape index (κ1) is 9.10. The fourth-order valence-corrected chi connectivity index (χ4v) is 1.67. The summed E-state index contributed by atoms with van der Waals surface area (Å²) >= 11 is 1.31. The SMILES string of the molecule is Cc1ccc2oc(SCC#N)nc2c1. The van der Waals surface area contributed by atoms with E-state index >= 15 is 0 Å². The first-order chi connectivity index (χ1) is 6.79. The first-order valence-corrected chi connectivity index (χ1v) is 5.15. The Morgan fingerprint density at radius 3 is 3.21 bits per heavy atom. The van der Waals surface area contributed by atoms with Gasteiger partial charge in [0.15, 0.2) is 5.58 Å². The summed E-state index contributed by atoms with van der Waals surface area (Å²) in [7, 11) is 0. The Bertz CT molecular complexity index is 498. The molecule has 0 aliphatic carbocycles. The molecule has 0 N–H and O–H groups in total. The maximum atomic E-state index is 8.41. The molecule has 0 unspecified atom stereocenters. The Hall–Kier alpha value is -1.47. The van der Waals surface area contributed by atoms with Crippen molar-refractivity contribution in [2.24, 2.45) is 0 Å². The van der Waals surface area contributed by atoms with Crippen LogP contribution in [-0.2, 0) is 0 Å². The van der Waals surface area contributed by atoms with Crippen molar-refractivity contribution in [2.75, 3.05) is 5.75 Å². The summed E-state index contributed by atoms with van der Waals surface area (Å²) in [4.78, 5) is 4.26. The summed E-state index contributed by atoms with van der Waals surface area (Å²) < 4.78 is 5.43. The standard InChI is InChI=1S/C10H8N2OS/c1-7-2-3-9-8(6-7)12-10(13-9)14-5-4-11/h2-3,6H,5H2,1H3. The number of benzene rings is 1. The van der Waals surface area contributed by atoms with E-state index in [0.29, 0.717) is 11.0 Å². The van der Waals surface area contributed by atoms with Gasteiger partial charge in [-0.25, -0.2) is 4.98 Å². The molecule has 1 aromatic carbocycles. The van der Waals surface area contributed by atoms with Gasteiger partial charge in [0, 0.05) is 0 Å². The Morgan fingerprint density at radius 1 is 1.57 bits per heavy atom. The van der Waals surface area contributed by atoms with Gasteiger partial charge in [-0.3, -0.25) is 0 Å². The van der Waals surface area contributed by atoms with Gasteiger partial charge in [0.05, 0.1) is 11.8 Å². The number of aromatic nitrogens is 1. The molecule has 0 saturated heterocycles. The van der Waals surface area contributed by atoms with E-state index in [2.05, 4.69) is 4.98 Å². The first-order valence-electron chi connectivity index (χ1n) is 4.16. The highest BCUT2D eigenvalue weighted by Crippen LogP contribution is 2.23. The Kier molecular flexibility index (Phi) is 2.42. The summed E-state index contributed by atoms with van der Waals surface area (Å²) in [6.45, 7) is 2.01. The molecule has 0 spiro atoms. The Morgan fingerprint density at radius 2 is 2.43 bits per heavy atom. The highest BCUT2D eigenvalue weighted by molar-refractivity contribution is 7.99. The predicted molar refractivity (Wildman–Crippen MR) is 55.1 cm³/mol. The fourth-order valence-electron chi connectivity index (χ4n) is 1.17. The van der Waals surface area contributed by atoms with Gasteiger partial charge in [-0.05, 0) is 24.6 Å². The molecule has 2 aromatic rings. The third-order valence-corrected chi connectivity index (χ3v) is 2.48. The molecule has 1 aromatic heterocycles. The molecule has 0 atom stereocenters. The topological polar surface area (TPSA) is 49.8 Å². The van der Waals surface area contributed by atoms with Crippen LogP contribution in [-0.4, -0.2) is 10.7 Å². The van der Waals surface area contributed by atoms with Gasteiger partial charge in [-0.2, -0.15) is 5.26 Å². The maximum absolute atomic E-state index is 8.41.